The number of carbonyl (C=O) groups is 2. The second-order valence-corrected chi connectivity index (χ2v) is 5.27. The number of hydrogen-bond donors (Lipinski definition) is 2. The Bertz CT molecular complexity index is 314. The van der Waals surface area contributed by atoms with Crippen LogP contribution in [0.3, 0.4) is 0 Å². The van der Waals surface area contributed by atoms with Crippen molar-refractivity contribution in [3.63, 3.8) is 0 Å². The van der Waals surface area contributed by atoms with Gasteiger partial charge in [0.25, 0.3) is 0 Å². The molecule has 1 saturated heterocycles. The van der Waals surface area contributed by atoms with Crippen molar-refractivity contribution in [1.29, 1.82) is 0 Å². The molecule has 1 fully saturated rings. The Morgan fingerprint density at radius 2 is 1.84 bits per heavy atom. The molecule has 1 unspecified atom stereocenters. The lowest BCUT2D eigenvalue weighted by molar-refractivity contribution is -0.138. The summed E-state index contributed by atoms with van der Waals surface area (Å²) in [5.74, 6) is -0.822. The maximum atomic E-state index is 12.0. The zero-order valence-electron chi connectivity index (χ0n) is 11.9. The van der Waals surface area contributed by atoms with E-state index in [0.717, 1.165) is 6.54 Å². The van der Waals surface area contributed by atoms with Gasteiger partial charge in [-0.25, -0.2) is 4.79 Å². The molecule has 0 radical (unpaired) electrons. The van der Waals surface area contributed by atoms with Crippen molar-refractivity contribution in [3.05, 3.63) is 0 Å². The molecule has 0 spiro atoms. The summed E-state index contributed by atoms with van der Waals surface area (Å²) in [5.41, 5.74) is 0. The third kappa shape index (κ3) is 5.89. The van der Waals surface area contributed by atoms with Gasteiger partial charge in [0.1, 0.15) is 0 Å². The molecule has 0 aliphatic carbocycles. The number of nitrogens with one attached hydrogen (secondary N) is 1. The van der Waals surface area contributed by atoms with Crippen LogP contribution in [0.5, 0.6) is 0 Å². The largest absolute Gasteiger partial charge is 0.480 e. The van der Waals surface area contributed by atoms with Crippen molar-refractivity contribution in [2.24, 2.45) is 0 Å². The first kappa shape index (κ1) is 15.7. The van der Waals surface area contributed by atoms with Gasteiger partial charge < -0.3 is 20.2 Å². The normalized spacial score (nSPS) is 18.4. The second-order valence-electron chi connectivity index (χ2n) is 5.27. The minimum absolute atomic E-state index is 0.0481. The van der Waals surface area contributed by atoms with Crippen LogP contribution in [0.25, 0.3) is 0 Å². The monoisotopic (exact) mass is 272 g/mol. The van der Waals surface area contributed by atoms with Crippen LogP contribution in [0, 0.1) is 0 Å². The molecule has 1 atom stereocenters. The minimum Gasteiger partial charge on any atom is -0.480 e. The molecule has 110 valence electrons. The number of carboxylic acids is 1. The zero-order chi connectivity index (χ0) is 14.4. The maximum absolute atomic E-state index is 12.0. The highest BCUT2D eigenvalue weighted by molar-refractivity contribution is 5.74. The van der Waals surface area contributed by atoms with E-state index in [1.54, 1.807) is 4.90 Å². The van der Waals surface area contributed by atoms with Gasteiger partial charge in [-0.15, -0.1) is 0 Å². The number of amides is 2. The second kappa shape index (κ2) is 7.30. The smallest absolute Gasteiger partial charge is 0.317 e. The molecule has 1 aliphatic rings. The number of aliphatic carboxylic acids is 1. The predicted octanol–water partition coefficient (Wildman–Crippen LogP) is -0.652. The molecule has 2 amide bonds. The Labute approximate surface area is 114 Å². The lowest BCUT2D eigenvalue weighted by Crippen LogP contribution is -2.54. The van der Waals surface area contributed by atoms with Gasteiger partial charge >= 0.3 is 12.0 Å². The van der Waals surface area contributed by atoms with Gasteiger partial charge in [0.2, 0.25) is 0 Å². The van der Waals surface area contributed by atoms with Gasteiger partial charge in [-0.3, -0.25) is 9.69 Å². The summed E-state index contributed by atoms with van der Waals surface area (Å²) in [6.45, 7) is 5.20. The van der Waals surface area contributed by atoms with Crippen LogP contribution in [0.1, 0.15) is 6.92 Å². The fourth-order valence-corrected chi connectivity index (χ4v) is 2.20. The van der Waals surface area contributed by atoms with Crippen LogP contribution in [0.4, 0.5) is 4.79 Å². The molecular formula is C12H24N4O3. The van der Waals surface area contributed by atoms with E-state index in [1.807, 2.05) is 30.8 Å². The van der Waals surface area contributed by atoms with Gasteiger partial charge in [-0.2, -0.15) is 0 Å². The number of carbonyl (C=O) groups excluding carboxylic acids is 1. The van der Waals surface area contributed by atoms with Crippen molar-refractivity contribution >= 4 is 12.0 Å². The van der Waals surface area contributed by atoms with Crippen LogP contribution in [-0.4, -0.2) is 91.2 Å². The number of nitrogens with zero attached hydrogens (tertiary/aromatic N) is 3. The van der Waals surface area contributed by atoms with E-state index in [2.05, 4.69) is 5.32 Å². The third-order valence-corrected chi connectivity index (χ3v) is 3.03. The Morgan fingerprint density at radius 3 is 2.32 bits per heavy atom. The van der Waals surface area contributed by atoms with Crippen molar-refractivity contribution in [2.75, 3.05) is 53.4 Å². The van der Waals surface area contributed by atoms with Crippen LogP contribution < -0.4 is 5.32 Å². The van der Waals surface area contributed by atoms with Gasteiger partial charge in [0, 0.05) is 38.8 Å². The summed E-state index contributed by atoms with van der Waals surface area (Å²) in [5, 5.41) is 11.7. The summed E-state index contributed by atoms with van der Waals surface area (Å²) in [6, 6.07) is 0.0314. The molecule has 1 aliphatic heterocycles. The summed E-state index contributed by atoms with van der Waals surface area (Å²) in [7, 11) is 3.93. The molecule has 0 aromatic rings. The molecule has 0 saturated carbocycles. The van der Waals surface area contributed by atoms with Crippen LogP contribution in [-0.2, 0) is 4.79 Å². The fourth-order valence-electron chi connectivity index (χ4n) is 2.20. The average molecular weight is 272 g/mol. The molecule has 0 bridgehead atoms. The summed E-state index contributed by atoms with van der Waals surface area (Å²) in [6.07, 6.45) is 0. The molecule has 1 heterocycles. The van der Waals surface area contributed by atoms with Crippen molar-refractivity contribution in [3.8, 4) is 0 Å². The fraction of sp³-hybridized carbons (Fsp3) is 0.833. The predicted molar refractivity (Wildman–Crippen MR) is 72.2 cm³/mol. The quantitative estimate of drug-likeness (QED) is 0.695. The lowest BCUT2D eigenvalue weighted by Gasteiger charge is -2.34. The summed E-state index contributed by atoms with van der Waals surface area (Å²) in [4.78, 5) is 28.2. The molecule has 0 aromatic carbocycles. The minimum atomic E-state index is -0.822. The van der Waals surface area contributed by atoms with E-state index < -0.39 is 5.97 Å². The van der Waals surface area contributed by atoms with E-state index in [0.29, 0.717) is 26.2 Å². The lowest BCUT2D eigenvalue weighted by atomic mass is 10.3. The van der Waals surface area contributed by atoms with E-state index in [9.17, 15) is 9.59 Å². The highest BCUT2D eigenvalue weighted by Gasteiger charge is 2.22. The van der Waals surface area contributed by atoms with Crippen LogP contribution in [0.2, 0.25) is 0 Å². The van der Waals surface area contributed by atoms with Crippen LogP contribution in [0.15, 0.2) is 0 Å². The van der Waals surface area contributed by atoms with E-state index in [4.69, 9.17) is 5.11 Å². The van der Waals surface area contributed by atoms with Crippen molar-refractivity contribution < 1.29 is 14.7 Å². The first-order valence-electron chi connectivity index (χ1n) is 6.53. The Balaban J connectivity index is 2.30. The first-order valence-corrected chi connectivity index (χ1v) is 6.53. The van der Waals surface area contributed by atoms with Gasteiger partial charge in [0.05, 0.1) is 6.54 Å². The number of rotatable bonds is 5. The number of likely N-dealkylation sites (N-methyl/N-ethyl adjacent to an activating group) is 1. The Kier molecular flexibility index (Phi) is 6.04. The van der Waals surface area contributed by atoms with E-state index in [-0.39, 0.29) is 18.6 Å². The molecular weight excluding hydrogens is 248 g/mol. The maximum Gasteiger partial charge on any atom is 0.317 e. The van der Waals surface area contributed by atoms with E-state index >= 15 is 0 Å². The van der Waals surface area contributed by atoms with Gasteiger partial charge in [-0.05, 0) is 21.0 Å². The van der Waals surface area contributed by atoms with Crippen molar-refractivity contribution in [1.82, 2.24) is 20.0 Å². The summed E-state index contributed by atoms with van der Waals surface area (Å²) >= 11 is 0. The number of piperazine rings is 1. The molecule has 7 nitrogen and oxygen atoms in total. The zero-order valence-corrected chi connectivity index (χ0v) is 11.9. The Hall–Kier alpha value is -1.34. The molecule has 19 heavy (non-hydrogen) atoms. The molecule has 7 heteroatoms. The molecule has 0 aromatic heterocycles. The number of urea groups is 1. The third-order valence-electron chi connectivity index (χ3n) is 3.03. The van der Waals surface area contributed by atoms with Crippen LogP contribution >= 0.6 is 0 Å². The Morgan fingerprint density at radius 1 is 1.26 bits per heavy atom. The number of carboxylic acid groups (broad SMARTS) is 1. The van der Waals surface area contributed by atoms with Gasteiger partial charge in [0.15, 0.2) is 0 Å². The topological polar surface area (TPSA) is 76.1 Å². The highest BCUT2D eigenvalue weighted by Crippen LogP contribution is 2.02. The molecule has 2 N–H and O–H groups in total. The molecule has 1 rings (SSSR count). The average Bonchev–Trinajstić information content (AvgIpc) is 2.27. The first-order chi connectivity index (χ1) is 8.88. The number of hydrogen-bond acceptors (Lipinski definition) is 4. The summed E-state index contributed by atoms with van der Waals surface area (Å²) < 4.78 is 0. The highest BCUT2D eigenvalue weighted by atomic mass is 16.4. The van der Waals surface area contributed by atoms with Gasteiger partial charge in [-0.1, -0.05) is 0 Å². The van der Waals surface area contributed by atoms with Crippen molar-refractivity contribution in [2.45, 2.75) is 13.0 Å². The van der Waals surface area contributed by atoms with E-state index in [1.165, 1.54) is 0 Å². The standard InChI is InChI=1S/C12H24N4O3/c1-10(8-14(2)3)13-12(19)16-6-4-15(5-7-16)9-11(17)18/h10H,4-9H2,1-3H3,(H,13,19)(H,17,18). The SMILES string of the molecule is CC(CN(C)C)NC(=O)N1CCN(CC(=O)O)CC1.